The van der Waals surface area contributed by atoms with E-state index in [0.717, 1.165) is 33.4 Å². The Morgan fingerprint density at radius 2 is 0.773 bits per heavy atom. The maximum Gasteiger partial charge on any atom is 0.320 e. The summed E-state index contributed by atoms with van der Waals surface area (Å²) >= 11 is 0. The van der Waals surface area contributed by atoms with Crippen molar-refractivity contribution in [1.29, 1.82) is 0 Å². The van der Waals surface area contributed by atoms with Crippen LogP contribution < -0.4 is 10.6 Å². The van der Waals surface area contributed by atoms with Crippen LogP contribution in [-0.2, 0) is 32.3 Å². The van der Waals surface area contributed by atoms with E-state index in [0.29, 0.717) is 0 Å². The first kappa shape index (κ1) is 30.4. The molecule has 44 heavy (non-hydrogen) atoms. The minimum atomic E-state index is -0.351. The van der Waals surface area contributed by atoms with Crippen LogP contribution in [0.5, 0.6) is 0 Å². The molecule has 0 heterocycles. The predicted octanol–water partition coefficient (Wildman–Crippen LogP) is 6.53. The quantitative estimate of drug-likeness (QED) is 0.145. The number of esters is 2. The Bertz CT molecular complexity index is 1400. The maximum absolute atomic E-state index is 12.7. The van der Waals surface area contributed by atoms with Gasteiger partial charge in [0.15, 0.2) is 0 Å². The molecule has 0 aromatic heterocycles. The summed E-state index contributed by atoms with van der Waals surface area (Å²) in [5.41, 5.74) is 5.92. The van der Waals surface area contributed by atoms with Gasteiger partial charge in [0, 0.05) is 0 Å². The van der Waals surface area contributed by atoms with Gasteiger partial charge in [-0.05, 0) is 39.4 Å². The van der Waals surface area contributed by atoms with E-state index in [1.165, 1.54) is 0 Å². The smallest absolute Gasteiger partial charge is 0.320 e. The van der Waals surface area contributed by atoms with Crippen LogP contribution in [0.2, 0.25) is 0 Å². The Morgan fingerprint density at radius 3 is 1.09 bits per heavy atom. The van der Waals surface area contributed by atoms with E-state index in [-0.39, 0.29) is 50.3 Å². The molecule has 0 amide bonds. The summed E-state index contributed by atoms with van der Waals surface area (Å²) in [6.45, 7) is 0.374. The van der Waals surface area contributed by atoms with Gasteiger partial charge in [-0.25, -0.2) is 0 Å². The third-order valence-corrected chi connectivity index (χ3v) is 7.22. The summed E-state index contributed by atoms with van der Waals surface area (Å²) in [4.78, 5) is 25.3. The van der Waals surface area contributed by atoms with Crippen LogP contribution >= 0.6 is 0 Å². The van der Waals surface area contributed by atoms with E-state index in [1.807, 2.05) is 146 Å². The topological polar surface area (TPSA) is 76.7 Å². The fraction of sp³-hybridized carbons (Fsp3) is 0.158. The summed E-state index contributed by atoms with van der Waals surface area (Å²) in [7, 11) is 0. The van der Waals surface area contributed by atoms with Gasteiger partial charge < -0.3 is 9.47 Å². The third kappa shape index (κ3) is 8.98. The molecule has 0 saturated carbocycles. The minimum absolute atomic E-state index is 0.0612. The first-order chi connectivity index (χ1) is 21.7. The van der Waals surface area contributed by atoms with Gasteiger partial charge in [0.1, 0.15) is 13.2 Å². The van der Waals surface area contributed by atoms with Crippen LogP contribution in [0.15, 0.2) is 146 Å². The molecule has 0 aliphatic rings. The van der Waals surface area contributed by atoms with Crippen molar-refractivity contribution in [2.24, 2.45) is 0 Å². The molecule has 6 heteroatoms. The van der Waals surface area contributed by atoms with Crippen LogP contribution in [0, 0.1) is 0 Å². The van der Waals surface area contributed by atoms with Crippen molar-refractivity contribution in [3.8, 4) is 0 Å². The second-order valence-electron chi connectivity index (χ2n) is 10.4. The van der Waals surface area contributed by atoms with E-state index in [1.54, 1.807) is 0 Å². The number of rotatable bonds is 14. The van der Waals surface area contributed by atoms with Crippen LogP contribution in [0.1, 0.15) is 45.5 Å². The van der Waals surface area contributed by atoms with Gasteiger partial charge in [-0.3, -0.25) is 20.2 Å². The van der Waals surface area contributed by atoms with Gasteiger partial charge in [-0.15, -0.1) is 0 Å². The monoisotopic (exact) mass is 584 g/mol. The molecule has 0 unspecified atom stereocenters. The van der Waals surface area contributed by atoms with Crippen molar-refractivity contribution in [1.82, 2.24) is 10.6 Å². The first-order valence-electron chi connectivity index (χ1n) is 14.7. The van der Waals surface area contributed by atoms with Crippen molar-refractivity contribution in [2.75, 3.05) is 13.1 Å². The molecule has 0 atom stereocenters. The van der Waals surface area contributed by atoms with Gasteiger partial charge in [0.2, 0.25) is 0 Å². The van der Waals surface area contributed by atoms with E-state index >= 15 is 0 Å². The number of ether oxygens (including phenoxy) is 2. The van der Waals surface area contributed by atoms with E-state index in [2.05, 4.69) is 10.6 Å². The normalized spacial score (nSPS) is 11.0. The molecular weight excluding hydrogens is 548 g/mol. The highest BCUT2D eigenvalue weighted by molar-refractivity contribution is 5.72. The van der Waals surface area contributed by atoms with E-state index in [4.69, 9.17) is 9.47 Å². The molecule has 6 nitrogen and oxygen atoms in total. The fourth-order valence-corrected chi connectivity index (χ4v) is 5.05. The molecule has 0 saturated heterocycles. The molecule has 0 fully saturated rings. The Labute approximate surface area is 258 Å². The molecule has 0 aliphatic carbocycles. The molecule has 5 aromatic rings. The van der Waals surface area contributed by atoms with Gasteiger partial charge >= 0.3 is 11.9 Å². The zero-order valence-corrected chi connectivity index (χ0v) is 24.5. The van der Waals surface area contributed by atoms with Crippen LogP contribution in [0.3, 0.4) is 0 Å². The van der Waals surface area contributed by atoms with Crippen molar-refractivity contribution in [3.05, 3.63) is 179 Å². The highest BCUT2D eigenvalue weighted by Crippen LogP contribution is 2.22. The lowest BCUT2D eigenvalue weighted by Gasteiger charge is -2.19. The highest BCUT2D eigenvalue weighted by atomic mass is 16.5. The summed E-state index contributed by atoms with van der Waals surface area (Å²) in [5, 5.41) is 6.67. The standard InChI is InChI=1S/C38H36N2O4/c41-35(25-39-37(31-16-5-1-6-17-31)32-18-7-2-8-19-32)43-27-29-14-13-15-30(24-29)28-44-36(42)26-40-38(33-20-9-3-10-21-33)34-22-11-4-12-23-34/h1-24,37-40H,25-28H2. The Balaban J connectivity index is 1.10. The van der Waals surface area contributed by atoms with Crippen molar-refractivity contribution in [3.63, 3.8) is 0 Å². The molecule has 5 aromatic carbocycles. The van der Waals surface area contributed by atoms with E-state index in [9.17, 15) is 9.59 Å². The second-order valence-corrected chi connectivity index (χ2v) is 10.4. The van der Waals surface area contributed by atoms with Crippen LogP contribution in [0.4, 0.5) is 0 Å². The molecule has 0 radical (unpaired) electrons. The number of carbonyl (C=O) groups excluding carboxylic acids is 2. The summed E-state index contributed by atoms with van der Waals surface area (Å²) in [5.74, 6) is -0.702. The number of carbonyl (C=O) groups is 2. The van der Waals surface area contributed by atoms with Crippen molar-refractivity contribution < 1.29 is 19.1 Å². The summed E-state index contributed by atoms with van der Waals surface area (Å²) in [6.07, 6.45) is 0. The molecule has 0 spiro atoms. The lowest BCUT2D eigenvalue weighted by molar-refractivity contribution is -0.144. The van der Waals surface area contributed by atoms with Gasteiger partial charge in [-0.2, -0.15) is 0 Å². The SMILES string of the molecule is O=C(CNC(c1ccccc1)c1ccccc1)OCc1cccc(COC(=O)CNC(c2ccccc2)c2ccccc2)c1. The van der Waals surface area contributed by atoms with Crippen molar-refractivity contribution in [2.45, 2.75) is 25.3 Å². The molecule has 2 N–H and O–H groups in total. The van der Waals surface area contributed by atoms with Crippen LogP contribution in [0.25, 0.3) is 0 Å². The average Bonchev–Trinajstić information content (AvgIpc) is 3.09. The first-order valence-corrected chi connectivity index (χ1v) is 14.7. The Hall–Kier alpha value is -5.04. The summed E-state index contributed by atoms with van der Waals surface area (Å²) < 4.78 is 11.1. The van der Waals surface area contributed by atoms with E-state index < -0.39 is 0 Å². The lowest BCUT2D eigenvalue weighted by atomic mass is 9.99. The van der Waals surface area contributed by atoms with Gasteiger partial charge in [0.25, 0.3) is 0 Å². The Morgan fingerprint density at radius 1 is 0.455 bits per heavy atom. The lowest BCUT2D eigenvalue weighted by Crippen LogP contribution is -2.29. The zero-order chi connectivity index (χ0) is 30.4. The largest absolute Gasteiger partial charge is 0.460 e. The Kier molecular flexibility index (Phi) is 11.0. The number of hydrogen-bond acceptors (Lipinski definition) is 6. The van der Waals surface area contributed by atoms with Crippen molar-refractivity contribution >= 4 is 11.9 Å². The minimum Gasteiger partial charge on any atom is -0.460 e. The predicted molar refractivity (Wildman–Crippen MR) is 171 cm³/mol. The number of benzene rings is 5. The molecule has 0 aliphatic heterocycles. The molecular formula is C38H36N2O4. The molecule has 5 rings (SSSR count). The zero-order valence-electron chi connectivity index (χ0n) is 24.5. The molecule has 222 valence electrons. The number of nitrogens with one attached hydrogen (secondary N) is 2. The fourth-order valence-electron chi connectivity index (χ4n) is 5.05. The highest BCUT2D eigenvalue weighted by Gasteiger charge is 2.17. The molecule has 0 bridgehead atoms. The van der Waals surface area contributed by atoms with Gasteiger partial charge in [-0.1, -0.05) is 140 Å². The maximum atomic E-state index is 12.7. The third-order valence-electron chi connectivity index (χ3n) is 7.22. The second kappa shape index (κ2) is 16.0. The van der Waals surface area contributed by atoms with Crippen LogP contribution in [-0.4, -0.2) is 25.0 Å². The number of hydrogen-bond donors (Lipinski definition) is 2. The average molecular weight is 585 g/mol. The van der Waals surface area contributed by atoms with Gasteiger partial charge in [0.05, 0.1) is 25.2 Å². The summed E-state index contributed by atoms with van der Waals surface area (Å²) in [6, 6.07) is 47.3.